The first-order valence-electron chi connectivity index (χ1n) is 6.75. The lowest BCUT2D eigenvalue weighted by Crippen LogP contribution is -2.29. The van der Waals surface area contributed by atoms with E-state index >= 15 is 0 Å². The second-order valence-corrected chi connectivity index (χ2v) is 7.34. The third-order valence-corrected chi connectivity index (χ3v) is 5.55. The molecule has 2 unspecified atom stereocenters. The molecule has 0 spiro atoms. The van der Waals surface area contributed by atoms with Crippen LogP contribution in [0.5, 0.6) is 0 Å². The number of hydrogen-bond acceptors (Lipinski definition) is 3. The molecule has 2 atom stereocenters. The molecular formula is C14H22N2O2S. The Morgan fingerprint density at radius 2 is 2.11 bits per heavy atom. The Morgan fingerprint density at radius 3 is 2.74 bits per heavy atom. The number of hydrogen-bond donors (Lipinski definition) is 2. The molecule has 1 aliphatic rings. The van der Waals surface area contributed by atoms with Gasteiger partial charge < -0.3 is 5.73 Å². The summed E-state index contributed by atoms with van der Waals surface area (Å²) >= 11 is 0. The predicted molar refractivity (Wildman–Crippen MR) is 77.3 cm³/mol. The normalized spacial score (nSPS) is 23.7. The van der Waals surface area contributed by atoms with E-state index in [1.807, 2.05) is 0 Å². The Hall–Kier alpha value is -1.07. The van der Waals surface area contributed by atoms with Crippen molar-refractivity contribution in [2.45, 2.75) is 38.0 Å². The first-order chi connectivity index (χ1) is 8.90. The van der Waals surface area contributed by atoms with E-state index in [0.29, 0.717) is 34.5 Å². The Morgan fingerprint density at radius 1 is 1.37 bits per heavy atom. The second kappa shape index (κ2) is 5.51. The average molecular weight is 282 g/mol. The zero-order valence-electron chi connectivity index (χ0n) is 11.5. The lowest BCUT2D eigenvalue weighted by Gasteiger charge is -2.14. The van der Waals surface area contributed by atoms with Crippen molar-refractivity contribution in [3.63, 3.8) is 0 Å². The van der Waals surface area contributed by atoms with Gasteiger partial charge in [0.15, 0.2) is 0 Å². The van der Waals surface area contributed by atoms with E-state index < -0.39 is 10.0 Å². The Labute approximate surface area is 115 Å². The summed E-state index contributed by atoms with van der Waals surface area (Å²) in [5, 5.41) is 0. The largest absolute Gasteiger partial charge is 0.398 e. The van der Waals surface area contributed by atoms with Crippen LogP contribution in [0.2, 0.25) is 0 Å². The van der Waals surface area contributed by atoms with Crippen molar-refractivity contribution in [1.29, 1.82) is 0 Å². The van der Waals surface area contributed by atoms with Gasteiger partial charge in [-0.2, -0.15) is 0 Å². The molecule has 0 aromatic heterocycles. The highest BCUT2D eigenvalue weighted by Crippen LogP contribution is 2.30. The fourth-order valence-electron chi connectivity index (χ4n) is 2.74. The molecule has 1 aromatic rings. The average Bonchev–Trinajstić information content (AvgIpc) is 2.76. The van der Waals surface area contributed by atoms with Crippen molar-refractivity contribution in [2.75, 3.05) is 12.3 Å². The molecule has 0 heterocycles. The van der Waals surface area contributed by atoms with Gasteiger partial charge in [0.1, 0.15) is 0 Å². The van der Waals surface area contributed by atoms with Crippen molar-refractivity contribution < 1.29 is 8.42 Å². The van der Waals surface area contributed by atoms with Crippen molar-refractivity contribution >= 4 is 15.7 Å². The topological polar surface area (TPSA) is 72.2 Å². The highest BCUT2D eigenvalue weighted by molar-refractivity contribution is 7.89. The van der Waals surface area contributed by atoms with Crippen molar-refractivity contribution in [3.05, 3.63) is 23.8 Å². The lowest BCUT2D eigenvalue weighted by molar-refractivity contribution is 0.498. The fraction of sp³-hybridized carbons (Fsp3) is 0.571. The van der Waals surface area contributed by atoms with E-state index in [1.165, 1.54) is 6.42 Å². The molecule has 19 heavy (non-hydrogen) atoms. The number of anilines is 1. The van der Waals surface area contributed by atoms with E-state index in [0.717, 1.165) is 12.8 Å². The summed E-state index contributed by atoms with van der Waals surface area (Å²) in [6.45, 7) is 4.49. The quantitative estimate of drug-likeness (QED) is 0.832. The Balaban J connectivity index is 2.08. The van der Waals surface area contributed by atoms with Crippen LogP contribution in [0.4, 0.5) is 5.69 Å². The van der Waals surface area contributed by atoms with Crippen LogP contribution in [0.3, 0.4) is 0 Å². The van der Waals surface area contributed by atoms with Gasteiger partial charge in [0.25, 0.3) is 0 Å². The molecule has 0 bridgehead atoms. The fourth-order valence-corrected chi connectivity index (χ4v) is 4.13. The van der Waals surface area contributed by atoms with E-state index in [-0.39, 0.29) is 0 Å². The van der Waals surface area contributed by atoms with Crippen LogP contribution in [-0.4, -0.2) is 15.0 Å². The zero-order valence-corrected chi connectivity index (χ0v) is 12.3. The molecule has 1 aromatic carbocycles. The van der Waals surface area contributed by atoms with Crippen molar-refractivity contribution in [3.8, 4) is 0 Å². The van der Waals surface area contributed by atoms with Gasteiger partial charge in [0.05, 0.1) is 4.90 Å². The highest BCUT2D eigenvalue weighted by Gasteiger charge is 2.24. The summed E-state index contributed by atoms with van der Waals surface area (Å²) in [4.78, 5) is 0.290. The molecule has 106 valence electrons. The number of benzene rings is 1. The smallest absolute Gasteiger partial charge is 0.240 e. The maximum atomic E-state index is 12.3. The summed E-state index contributed by atoms with van der Waals surface area (Å²) in [5.74, 6) is 1.18. The molecule has 4 nitrogen and oxygen atoms in total. The van der Waals surface area contributed by atoms with E-state index in [1.54, 1.807) is 25.1 Å². The van der Waals surface area contributed by atoms with Crippen LogP contribution in [0, 0.1) is 18.8 Å². The molecule has 0 saturated heterocycles. The van der Waals surface area contributed by atoms with E-state index in [4.69, 9.17) is 5.73 Å². The highest BCUT2D eigenvalue weighted by atomic mass is 32.2. The van der Waals surface area contributed by atoms with Crippen LogP contribution >= 0.6 is 0 Å². The number of nitrogens with two attached hydrogens (primary N) is 1. The summed E-state index contributed by atoms with van der Waals surface area (Å²) in [7, 11) is -3.45. The minimum atomic E-state index is -3.45. The van der Waals surface area contributed by atoms with Gasteiger partial charge in [-0.15, -0.1) is 0 Å². The van der Waals surface area contributed by atoms with Crippen LogP contribution in [-0.2, 0) is 10.0 Å². The van der Waals surface area contributed by atoms with Gasteiger partial charge in [-0.3, -0.25) is 0 Å². The number of nitrogens with one attached hydrogen (secondary N) is 1. The molecule has 0 amide bonds. The van der Waals surface area contributed by atoms with Gasteiger partial charge in [0, 0.05) is 12.2 Å². The maximum Gasteiger partial charge on any atom is 0.240 e. The monoisotopic (exact) mass is 282 g/mol. The van der Waals surface area contributed by atoms with Crippen molar-refractivity contribution in [1.82, 2.24) is 4.72 Å². The third-order valence-electron chi connectivity index (χ3n) is 3.98. The minimum absolute atomic E-state index is 0.290. The molecule has 1 saturated carbocycles. The number of sulfonamides is 1. The molecule has 0 radical (unpaired) electrons. The lowest BCUT2D eigenvalue weighted by atomic mass is 10.1. The van der Waals surface area contributed by atoms with Gasteiger partial charge in [0.2, 0.25) is 10.0 Å². The molecule has 1 fully saturated rings. The molecule has 1 aliphatic carbocycles. The van der Waals surface area contributed by atoms with Crippen LogP contribution in [0.25, 0.3) is 0 Å². The predicted octanol–water partition coefficient (Wildman–Crippen LogP) is 2.29. The molecular weight excluding hydrogens is 260 g/mol. The maximum absolute atomic E-state index is 12.3. The first-order valence-corrected chi connectivity index (χ1v) is 8.23. The standard InChI is InChI=1S/C14H22N2O2S/c1-10-6-7-12(8-10)9-16-19(17,18)14-5-3-4-13(15)11(14)2/h3-5,10,12,16H,6-9,15H2,1-2H3. The first kappa shape index (κ1) is 14.3. The van der Waals surface area contributed by atoms with Gasteiger partial charge in [-0.25, -0.2) is 13.1 Å². The Kier molecular flexibility index (Phi) is 4.16. The van der Waals surface area contributed by atoms with Gasteiger partial charge in [-0.05, 0) is 49.3 Å². The van der Waals surface area contributed by atoms with Crippen LogP contribution in [0.1, 0.15) is 31.7 Å². The summed E-state index contributed by atoms with van der Waals surface area (Å²) in [5.41, 5.74) is 6.89. The Bertz CT molecular complexity index is 555. The van der Waals surface area contributed by atoms with E-state index in [2.05, 4.69) is 11.6 Å². The minimum Gasteiger partial charge on any atom is -0.398 e. The second-order valence-electron chi connectivity index (χ2n) is 5.61. The van der Waals surface area contributed by atoms with Crippen LogP contribution in [0.15, 0.2) is 23.1 Å². The summed E-state index contributed by atoms with van der Waals surface area (Å²) in [6.07, 6.45) is 3.42. The van der Waals surface area contributed by atoms with Gasteiger partial charge >= 0.3 is 0 Å². The van der Waals surface area contributed by atoms with Gasteiger partial charge in [-0.1, -0.05) is 19.4 Å². The molecule has 5 heteroatoms. The summed E-state index contributed by atoms with van der Waals surface area (Å²) < 4.78 is 27.3. The van der Waals surface area contributed by atoms with Crippen LogP contribution < -0.4 is 10.5 Å². The van der Waals surface area contributed by atoms with E-state index in [9.17, 15) is 8.42 Å². The third kappa shape index (κ3) is 3.28. The number of nitrogen functional groups attached to an aromatic ring is 1. The summed E-state index contributed by atoms with van der Waals surface area (Å²) in [6, 6.07) is 4.99. The van der Waals surface area contributed by atoms with Crippen molar-refractivity contribution in [2.24, 2.45) is 11.8 Å². The molecule has 0 aliphatic heterocycles. The molecule has 3 N–H and O–H groups in total. The molecule has 2 rings (SSSR count). The zero-order chi connectivity index (χ0) is 14.0. The SMILES string of the molecule is Cc1c(N)cccc1S(=O)(=O)NCC1CCC(C)C1. The number of rotatable bonds is 4.